The van der Waals surface area contributed by atoms with Crippen LogP contribution in [0.25, 0.3) is 11.0 Å². The summed E-state index contributed by atoms with van der Waals surface area (Å²) in [6, 6.07) is 12.4. The third-order valence-electron chi connectivity index (χ3n) is 5.87. The highest BCUT2D eigenvalue weighted by Crippen LogP contribution is 2.22. The molecule has 2 aromatic carbocycles. The molecule has 1 aromatic heterocycles. The molecule has 0 saturated carbocycles. The summed E-state index contributed by atoms with van der Waals surface area (Å²) < 4.78 is 17.6. The first-order valence-corrected chi connectivity index (χ1v) is 12.9. The van der Waals surface area contributed by atoms with Crippen LogP contribution in [-0.2, 0) is 27.2 Å². The molecular weight excluding hydrogens is 468 g/mol. The minimum Gasteiger partial charge on any atom is -0.488 e. The molecule has 0 aliphatic rings. The highest BCUT2D eigenvalue weighted by Gasteiger charge is 2.32. The van der Waals surface area contributed by atoms with Gasteiger partial charge in [0, 0.05) is 32.2 Å². The number of hydrogen-bond acceptors (Lipinski definition) is 7. The third kappa shape index (κ3) is 7.95. The Morgan fingerprint density at radius 2 is 1.65 bits per heavy atom. The number of carbonyl (C=O) groups excluding carboxylic acids is 1. The first-order valence-electron chi connectivity index (χ1n) is 12.9. The van der Waals surface area contributed by atoms with Crippen LogP contribution in [0.5, 0.6) is 5.75 Å². The summed E-state index contributed by atoms with van der Waals surface area (Å²) in [5.41, 5.74) is 9.59. The van der Waals surface area contributed by atoms with E-state index < -0.39 is 12.3 Å². The summed E-state index contributed by atoms with van der Waals surface area (Å²) >= 11 is 0. The molecule has 2 atom stereocenters. The molecule has 3 rings (SSSR count). The van der Waals surface area contributed by atoms with Gasteiger partial charge in [0.15, 0.2) is 6.29 Å². The summed E-state index contributed by atoms with van der Waals surface area (Å²) in [5.74, 6) is 0.590. The van der Waals surface area contributed by atoms with Crippen molar-refractivity contribution in [2.45, 2.75) is 78.5 Å². The molecule has 0 aliphatic heterocycles. The van der Waals surface area contributed by atoms with E-state index in [1.54, 1.807) is 17.3 Å². The fraction of sp³-hybridized carbons (Fsp3) is 0.483. The first kappa shape index (κ1) is 28.5. The number of aromatic nitrogens is 2. The van der Waals surface area contributed by atoms with E-state index in [9.17, 15) is 4.79 Å². The van der Waals surface area contributed by atoms with Crippen molar-refractivity contribution in [3.05, 3.63) is 66.0 Å². The zero-order valence-electron chi connectivity index (χ0n) is 22.8. The molecule has 0 spiro atoms. The lowest BCUT2D eigenvalue weighted by molar-refractivity contribution is -0.179. The number of benzene rings is 2. The van der Waals surface area contributed by atoms with E-state index in [1.165, 1.54) is 0 Å². The number of nitrogens with two attached hydrogens (primary N) is 1. The maximum absolute atomic E-state index is 13.8. The molecule has 1 heterocycles. The van der Waals surface area contributed by atoms with E-state index in [0.717, 1.165) is 27.9 Å². The van der Waals surface area contributed by atoms with Crippen molar-refractivity contribution >= 4 is 16.9 Å². The number of carbonyl (C=O) groups is 1. The highest BCUT2D eigenvalue weighted by molar-refractivity contribution is 5.83. The van der Waals surface area contributed by atoms with Crippen molar-refractivity contribution in [3.8, 4) is 5.75 Å². The SMILES string of the molecule is CCOC(OCC)C(C)N(Cc1cccc2nccnc12)C(=O)C(N)Cc1ccc(OC(C)(C)C)cc1. The zero-order valence-corrected chi connectivity index (χ0v) is 22.8. The van der Waals surface area contributed by atoms with Crippen molar-refractivity contribution in [3.63, 3.8) is 0 Å². The number of para-hydroxylation sites is 1. The van der Waals surface area contributed by atoms with Gasteiger partial charge in [-0.25, -0.2) is 0 Å². The Morgan fingerprint density at radius 1 is 1.00 bits per heavy atom. The Hall–Kier alpha value is -3.07. The number of hydrogen-bond donors (Lipinski definition) is 1. The molecule has 8 heteroatoms. The van der Waals surface area contributed by atoms with Crippen LogP contribution in [0, 0.1) is 0 Å². The second kappa shape index (κ2) is 12.9. The van der Waals surface area contributed by atoms with Gasteiger partial charge in [0.2, 0.25) is 5.91 Å². The third-order valence-corrected chi connectivity index (χ3v) is 5.87. The lowest BCUT2D eigenvalue weighted by Crippen LogP contribution is -2.52. The number of amides is 1. The van der Waals surface area contributed by atoms with Gasteiger partial charge in [-0.15, -0.1) is 0 Å². The molecule has 2 N–H and O–H groups in total. The standard InChI is InChI=1S/C29H40N4O4/c1-7-35-28(36-8-2)20(3)33(19-22-10-9-11-25-26(22)32-17-16-31-25)27(34)24(30)18-21-12-14-23(15-13-21)37-29(4,5)6/h9-17,20,24,28H,7-8,18-19,30H2,1-6H3. The van der Waals surface area contributed by atoms with Crippen LogP contribution in [0.1, 0.15) is 52.7 Å². The Labute approximate surface area is 220 Å². The van der Waals surface area contributed by atoms with E-state index in [1.807, 2.05) is 84.0 Å². The number of ether oxygens (including phenoxy) is 3. The molecule has 0 aliphatic carbocycles. The van der Waals surface area contributed by atoms with Crippen LogP contribution in [0.2, 0.25) is 0 Å². The Morgan fingerprint density at radius 3 is 2.27 bits per heavy atom. The average molecular weight is 509 g/mol. The minimum atomic E-state index is -0.748. The van der Waals surface area contributed by atoms with Gasteiger partial charge in [-0.05, 0) is 77.3 Å². The van der Waals surface area contributed by atoms with Gasteiger partial charge >= 0.3 is 0 Å². The molecule has 0 saturated heterocycles. The Kier molecular flexibility index (Phi) is 9.97. The topological polar surface area (TPSA) is 99.8 Å². The Balaban J connectivity index is 1.85. The number of nitrogens with zero attached hydrogens (tertiary/aromatic N) is 3. The van der Waals surface area contributed by atoms with Crippen molar-refractivity contribution in [2.24, 2.45) is 5.73 Å². The molecule has 0 bridgehead atoms. The van der Waals surface area contributed by atoms with Crippen LogP contribution < -0.4 is 10.5 Å². The molecule has 37 heavy (non-hydrogen) atoms. The molecule has 3 aromatic rings. The first-order chi connectivity index (χ1) is 17.6. The fourth-order valence-corrected chi connectivity index (χ4v) is 4.19. The molecular formula is C29H40N4O4. The highest BCUT2D eigenvalue weighted by atomic mass is 16.7. The van der Waals surface area contributed by atoms with Crippen molar-refractivity contribution in [1.29, 1.82) is 0 Å². The number of fused-ring (bicyclic) bond motifs is 1. The van der Waals surface area contributed by atoms with E-state index >= 15 is 0 Å². The van der Waals surface area contributed by atoms with Gasteiger partial charge in [-0.3, -0.25) is 14.8 Å². The zero-order chi connectivity index (χ0) is 27.0. The fourth-order valence-electron chi connectivity index (χ4n) is 4.19. The second-order valence-corrected chi connectivity index (χ2v) is 10.00. The van der Waals surface area contributed by atoms with E-state index in [2.05, 4.69) is 9.97 Å². The summed E-state index contributed by atoms with van der Waals surface area (Å²) in [6.07, 6.45) is 3.12. The quantitative estimate of drug-likeness (QED) is 0.360. The van der Waals surface area contributed by atoms with Gasteiger partial charge < -0.3 is 24.8 Å². The van der Waals surface area contributed by atoms with E-state index in [0.29, 0.717) is 26.2 Å². The number of rotatable bonds is 12. The van der Waals surface area contributed by atoms with Crippen molar-refractivity contribution in [1.82, 2.24) is 14.9 Å². The minimum absolute atomic E-state index is 0.187. The summed E-state index contributed by atoms with van der Waals surface area (Å²) in [5, 5.41) is 0. The lowest BCUT2D eigenvalue weighted by atomic mass is 10.0. The monoisotopic (exact) mass is 508 g/mol. The Bertz CT molecular complexity index is 1140. The lowest BCUT2D eigenvalue weighted by Gasteiger charge is -2.36. The normalized spacial score (nSPS) is 13.5. The van der Waals surface area contributed by atoms with Gasteiger partial charge in [0.05, 0.1) is 23.1 Å². The smallest absolute Gasteiger partial charge is 0.240 e. The van der Waals surface area contributed by atoms with Crippen LogP contribution in [0.4, 0.5) is 0 Å². The maximum Gasteiger partial charge on any atom is 0.240 e. The van der Waals surface area contributed by atoms with E-state index in [4.69, 9.17) is 19.9 Å². The van der Waals surface area contributed by atoms with Gasteiger partial charge in [0.1, 0.15) is 11.4 Å². The molecule has 0 radical (unpaired) electrons. The summed E-state index contributed by atoms with van der Waals surface area (Å²) in [7, 11) is 0. The second-order valence-electron chi connectivity index (χ2n) is 10.00. The van der Waals surface area contributed by atoms with Crippen LogP contribution in [0.3, 0.4) is 0 Å². The predicted octanol–water partition coefficient (Wildman–Crippen LogP) is 4.49. The van der Waals surface area contributed by atoms with Crippen LogP contribution in [-0.4, -0.2) is 58.0 Å². The van der Waals surface area contributed by atoms with Crippen molar-refractivity contribution in [2.75, 3.05) is 13.2 Å². The molecule has 200 valence electrons. The summed E-state index contributed by atoms with van der Waals surface area (Å²) in [6.45, 7) is 13.0. The molecule has 0 fully saturated rings. The summed E-state index contributed by atoms with van der Waals surface area (Å²) in [4.78, 5) is 24.5. The van der Waals surface area contributed by atoms with Gasteiger partial charge in [-0.1, -0.05) is 24.3 Å². The maximum atomic E-state index is 13.8. The van der Waals surface area contributed by atoms with Crippen LogP contribution in [0.15, 0.2) is 54.9 Å². The largest absolute Gasteiger partial charge is 0.488 e. The molecule has 1 amide bonds. The van der Waals surface area contributed by atoms with Crippen LogP contribution >= 0.6 is 0 Å². The van der Waals surface area contributed by atoms with Crippen molar-refractivity contribution < 1.29 is 19.0 Å². The van der Waals surface area contributed by atoms with E-state index in [-0.39, 0.29) is 17.6 Å². The predicted molar refractivity (Wildman–Crippen MR) is 145 cm³/mol. The molecule has 2 unspecified atom stereocenters. The van der Waals surface area contributed by atoms with Gasteiger partial charge in [-0.2, -0.15) is 0 Å². The van der Waals surface area contributed by atoms with Gasteiger partial charge in [0.25, 0.3) is 0 Å². The molecule has 8 nitrogen and oxygen atoms in total. The average Bonchev–Trinajstić information content (AvgIpc) is 2.86.